The molecule has 1 saturated heterocycles. The van der Waals surface area contributed by atoms with Gasteiger partial charge in [-0.25, -0.2) is 4.98 Å². The Hall–Kier alpha value is -1.53. The van der Waals surface area contributed by atoms with E-state index >= 15 is 0 Å². The van der Waals surface area contributed by atoms with E-state index in [1.807, 2.05) is 32.3 Å². The molecule has 3 heterocycles. The summed E-state index contributed by atoms with van der Waals surface area (Å²) in [5.41, 5.74) is 0.672. The number of imidazole rings is 1. The number of fused-ring (bicyclic) bond motifs is 2. The maximum atomic E-state index is 13.0. The van der Waals surface area contributed by atoms with Gasteiger partial charge >= 0.3 is 0 Å². The molecule has 2 fully saturated rings. The molecule has 0 radical (unpaired) electrons. The summed E-state index contributed by atoms with van der Waals surface area (Å²) in [7, 11) is 0. The Morgan fingerprint density at radius 3 is 2.92 bits per heavy atom. The van der Waals surface area contributed by atoms with Crippen LogP contribution in [0.5, 0.6) is 0 Å². The number of hydrogen-bond donors (Lipinski definition) is 2. The summed E-state index contributed by atoms with van der Waals surface area (Å²) in [5, 5.41) is 6.74. The van der Waals surface area contributed by atoms with Crippen LogP contribution in [0.15, 0.2) is 29.4 Å². The zero-order valence-electron chi connectivity index (χ0n) is 15.5. The lowest BCUT2D eigenvalue weighted by Gasteiger charge is -2.26. The molecule has 2 aromatic heterocycles. The molecule has 4 atom stereocenters. The molecule has 1 aliphatic carbocycles. The number of amides is 1. The van der Waals surface area contributed by atoms with Gasteiger partial charge in [0.25, 0.3) is 0 Å². The van der Waals surface area contributed by atoms with Crippen LogP contribution in [0.25, 0.3) is 5.52 Å². The number of pyridine rings is 1. The standard InChI is InChI=1S/C19H26N4OS/c1-11-14-15(19(14,4)10-21-11)16(24)22-18(2,3)17-20-9-12-13(25-5)7-6-8-23(12)17/h6-9,11,14-15,21H,10H2,1-5H3,(H,22,24). The Labute approximate surface area is 153 Å². The number of rotatable bonds is 4. The predicted octanol–water partition coefficient (Wildman–Crippen LogP) is 2.65. The Morgan fingerprint density at radius 2 is 2.28 bits per heavy atom. The quantitative estimate of drug-likeness (QED) is 0.825. The predicted molar refractivity (Wildman–Crippen MR) is 101 cm³/mol. The van der Waals surface area contributed by atoms with Crippen molar-refractivity contribution in [2.75, 3.05) is 12.8 Å². The van der Waals surface area contributed by atoms with Crippen LogP contribution >= 0.6 is 11.8 Å². The van der Waals surface area contributed by atoms with E-state index < -0.39 is 5.54 Å². The molecule has 1 saturated carbocycles. The van der Waals surface area contributed by atoms with Gasteiger partial charge < -0.3 is 15.0 Å². The molecular formula is C19H26N4OS. The molecule has 6 heteroatoms. The van der Waals surface area contributed by atoms with Crippen LogP contribution in [-0.2, 0) is 10.3 Å². The summed E-state index contributed by atoms with van der Waals surface area (Å²) in [6.45, 7) is 9.41. The lowest BCUT2D eigenvalue weighted by Crippen LogP contribution is -2.45. The van der Waals surface area contributed by atoms with E-state index in [1.165, 1.54) is 4.90 Å². The van der Waals surface area contributed by atoms with Gasteiger partial charge in [-0.05, 0) is 50.5 Å². The first-order valence-electron chi connectivity index (χ1n) is 8.85. The van der Waals surface area contributed by atoms with Crippen LogP contribution in [0.2, 0.25) is 0 Å². The molecule has 4 unspecified atom stereocenters. The molecule has 5 nitrogen and oxygen atoms in total. The smallest absolute Gasteiger partial charge is 0.224 e. The average molecular weight is 359 g/mol. The number of carbonyl (C=O) groups excluding carboxylic acids is 1. The minimum Gasteiger partial charge on any atom is -0.344 e. The number of nitrogens with one attached hydrogen (secondary N) is 2. The van der Waals surface area contributed by atoms with Crippen molar-refractivity contribution in [3.63, 3.8) is 0 Å². The topological polar surface area (TPSA) is 58.4 Å². The van der Waals surface area contributed by atoms with E-state index in [4.69, 9.17) is 0 Å². The Balaban J connectivity index is 1.60. The van der Waals surface area contributed by atoms with Gasteiger partial charge in [-0.3, -0.25) is 4.79 Å². The lowest BCUT2D eigenvalue weighted by molar-refractivity contribution is -0.125. The Bertz CT molecular complexity index is 845. The molecule has 2 aliphatic rings. The second kappa shape index (κ2) is 5.48. The summed E-state index contributed by atoms with van der Waals surface area (Å²) in [6, 6.07) is 4.54. The van der Waals surface area contributed by atoms with Gasteiger partial charge in [-0.1, -0.05) is 6.92 Å². The van der Waals surface area contributed by atoms with Gasteiger partial charge in [0.15, 0.2) is 0 Å². The van der Waals surface area contributed by atoms with Crippen LogP contribution in [0.4, 0.5) is 0 Å². The molecule has 1 aliphatic heterocycles. The molecule has 1 amide bonds. The van der Waals surface area contributed by atoms with Gasteiger partial charge in [0.2, 0.25) is 5.91 Å². The summed E-state index contributed by atoms with van der Waals surface area (Å²) in [5.74, 6) is 1.58. The first kappa shape index (κ1) is 16.9. The van der Waals surface area contributed by atoms with Crippen molar-refractivity contribution < 1.29 is 4.79 Å². The maximum Gasteiger partial charge on any atom is 0.224 e. The molecule has 0 aromatic carbocycles. The number of carbonyl (C=O) groups is 1. The largest absolute Gasteiger partial charge is 0.344 e. The second-order valence-corrected chi connectivity index (χ2v) is 9.05. The lowest BCUT2D eigenvalue weighted by atomic mass is 10.0. The van der Waals surface area contributed by atoms with E-state index in [0.29, 0.717) is 12.0 Å². The van der Waals surface area contributed by atoms with E-state index in [0.717, 1.165) is 17.9 Å². The molecular weight excluding hydrogens is 332 g/mol. The molecule has 2 aromatic rings. The van der Waals surface area contributed by atoms with Crippen molar-refractivity contribution >= 4 is 23.2 Å². The van der Waals surface area contributed by atoms with Crippen molar-refractivity contribution in [3.8, 4) is 0 Å². The number of nitrogens with zero attached hydrogens (tertiary/aromatic N) is 2. The van der Waals surface area contributed by atoms with E-state index in [-0.39, 0.29) is 17.2 Å². The Kier molecular flexibility index (Phi) is 3.71. The van der Waals surface area contributed by atoms with Crippen molar-refractivity contribution in [3.05, 3.63) is 30.4 Å². The van der Waals surface area contributed by atoms with Crippen LogP contribution in [0, 0.1) is 17.3 Å². The summed E-state index contributed by atoms with van der Waals surface area (Å²) >= 11 is 1.71. The van der Waals surface area contributed by atoms with Gasteiger partial charge in [0.1, 0.15) is 5.82 Å². The molecule has 0 bridgehead atoms. The third kappa shape index (κ3) is 2.41. The van der Waals surface area contributed by atoms with Crippen molar-refractivity contribution in [2.24, 2.45) is 17.3 Å². The third-order valence-electron chi connectivity index (χ3n) is 6.09. The molecule has 0 spiro atoms. The van der Waals surface area contributed by atoms with Gasteiger partial charge in [-0.2, -0.15) is 0 Å². The average Bonchev–Trinajstić information content (AvgIpc) is 2.84. The monoisotopic (exact) mass is 358 g/mol. The van der Waals surface area contributed by atoms with Crippen LogP contribution in [-0.4, -0.2) is 34.1 Å². The first-order chi connectivity index (χ1) is 11.8. The highest BCUT2D eigenvalue weighted by atomic mass is 32.2. The maximum absolute atomic E-state index is 13.0. The zero-order valence-corrected chi connectivity index (χ0v) is 16.3. The number of hydrogen-bond acceptors (Lipinski definition) is 4. The van der Waals surface area contributed by atoms with Crippen molar-refractivity contribution in [1.29, 1.82) is 0 Å². The van der Waals surface area contributed by atoms with Crippen LogP contribution < -0.4 is 10.6 Å². The normalized spacial score (nSPS) is 31.2. The summed E-state index contributed by atoms with van der Waals surface area (Å²) < 4.78 is 2.09. The molecule has 134 valence electrons. The fourth-order valence-electron chi connectivity index (χ4n) is 4.73. The minimum atomic E-state index is -0.523. The minimum absolute atomic E-state index is 0.107. The molecule has 4 rings (SSSR count). The number of piperidine rings is 1. The highest BCUT2D eigenvalue weighted by Gasteiger charge is 2.69. The zero-order chi connectivity index (χ0) is 18.0. The highest BCUT2D eigenvalue weighted by Crippen LogP contribution is 2.63. The highest BCUT2D eigenvalue weighted by molar-refractivity contribution is 7.98. The van der Waals surface area contributed by atoms with Gasteiger partial charge in [0.05, 0.1) is 17.3 Å². The first-order valence-corrected chi connectivity index (χ1v) is 10.1. The second-order valence-electron chi connectivity index (χ2n) is 8.21. The molecule has 2 N–H and O–H groups in total. The Morgan fingerprint density at radius 1 is 1.52 bits per heavy atom. The van der Waals surface area contributed by atoms with Gasteiger partial charge in [0, 0.05) is 29.6 Å². The SMILES string of the molecule is CSc1cccn2c(C(C)(C)NC(=O)C3C4C(C)NCC34C)ncc12. The number of aromatic nitrogens is 2. The van der Waals surface area contributed by atoms with Crippen LogP contribution in [0.3, 0.4) is 0 Å². The summed E-state index contributed by atoms with van der Waals surface area (Å²) in [4.78, 5) is 18.8. The summed E-state index contributed by atoms with van der Waals surface area (Å²) in [6.07, 6.45) is 5.98. The van der Waals surface area contributed by atoms with E-state index in [2.05, 4.69) is 46.2 Å². The molecule has 25 heavy (non-hydrogen) atoms. The number of thioether (sulfide) groups is 1. The van der Waals surface area contributed by atoms with E-state index in [9.17, 15) is 4.79 Å². The van der Waals surface area contributed by atoms with Crippen LogP contribution in [0.1, 0.15) is 33.5 Å². The van der Waals surface area contributed by atoms with Crippen molar-refractivity contribution in [2.45, 2.75) is 44.2 Å². The van der Waals surface area contributed by atoms with E-state index in [1.54, 1.807) is 11.8 Å². The fraction of sp³-hybridized carbons (Fsp3) is 0.579. The fourth-order valence-corrected chi connectivity index (χ4v) is 5.31. The van der Waals surface area contributed by atoms with Crippen molar-refractivity contribution in [1.82, 2.24) is 20.0 Å². The van der Waals surface area contributed by atoms with Gasteiger partial charge in [-0.15, -0.1) is 11.8 Å². The third-order valence-corrected chi connectivity index (χ3v) is 6.88.